The average molecular weight is 274 g/mol. The molecule has 100 valence electrons. The summed E-state index contributed by atoms with van der Waals surface area (Å²) in [6.45, 7) is 1.33. The second-order valence-electron chi connectivity index (χ2n) is 4.18. The summed E-state index contributed by atoms with van der Waals surface area (Å²) in [6, 6.07) is 3.90. The first-order chi connectivity index (χ1) is 8.45. The quantitative estimate of drug-likeness (QED) is 0.825. The summed E-state index contributed by atoms with van der Waals surface area (Å²) in [5.41, 5.74) is 5.88. The number of amides is 1. The lowest BCUT2D eigenvalue weighted by molar-refractivity contribution is 0.0749. The molecule has 0 saturated carbocycles. The number of rotatable bonds is 5. The van der Waals surface area contributed by atoms with Gasteiger partial charge in [0, 0.05) is 18.7 Å². The number of hydrogen-bond donors (Lipinski definition) is 1. The highest BCUT2D eigenvalue weighted by atomic mass is 35.5. The molecule has 6 heteroatoms. The summed E-state index contributed by atoms with van der Waals surface area (Å²) in [7, 11) is 3.82. The summed E-state index contributed by atoms with van der Waals surface area (Å²) in [4.78, 5) is 15.5. The third kappa shape index (κ3) is 3.94. The number of nitrogens with two attached hydrogens (primary N) is 1. The van der Waals surface area contributed by atoms with Gasteiger partial charge in [-0.2, -0.15) is 0 Å². The minimum Gasteiger partial charge on any atom is -0.325 e. The smallest absolute Gasteiger partial charge is 0.254 e. The molecule has 0 atom stereocenters. The van der Waals surface area contributed by atoms with Gasteiger partial charge in [0.05, 0.1) is 11.7 Å². The maximum Gasteiger partial charge on any atom is 0.254 e. The van der Waals surface area contributed by atoms with Crippen LogP contribution in [-0.2, 0) is 0 Å². The van der Waals surface area contributed by atoms with Gasteiger partial charge in [0.1, 0.15) is 5.82 Å². The molecule has 0 aliphatic carbocycles. The highest BCUT2D eigenvalue weighted by molar-refractivity contribution is 6.31. The van der Waals surface area contributed by atoms with Crippen molar-refractivity contribution in [1.29, 1.82) is 0 Å². The van der Waals surface area contributed by atoms with Crippen molar-refractivity contribution >= 4 is 17.5 Å². The molecule has 2 N–H and O–H groups in total. The highest BCUT2D eigenvalue weighted by Crippen LogP contribution is 2.17. The van der Waals surface area contributed by atoms with E-state index in [4.69, 9.17) is 17.3 Å². The predicted octanol–water partition coefficient (Wildman–Crippen LogP) is 1.40. The predicted molar refractivity (Wildman–Crippen MR) is 70.1 cm³/mol. The number of hydrogen-bond acceptors (Lipinski definition) is 3. The van der Waals surface area contributed by atoms with Gasteiger partial charge in [0.2, 0.25) is 0 Å². The van der Waals surface area contributed by atoms with Crippen LogP contribution >= 0.6 is 11.6 Å². The van der Waals surface area contributed by atoms with Crippen molar-refractivity contribution in [2.24, 2.45) is 5.73 Å². The Balaban J connectivity index is 2.79. The molecular weight excluding hydrogens is 257 g/mol. The number of likely N-dealkylation sites (N-methyl/N-ethyl adjacent to an activating group) is 1. The first kappa shape index (κ1) is 14.9. The van der Waals surface area contributed by atoms with Crippen LogP contribution < -0.4 is 5.73 Å². The lowest BCUT2D eigenvalue weighted by atomic mass is 10.2. The SMILES string of the molecule is CN(C)CCN(CN)C(=O)c1ccc(F)c(Cl)c1. The normalized spacial score (nSPS) is 10.8. The fourth-order valence-electron chi connectivity index (χ4n) is 1.41. The van der Waals surface area contributed by atoms with Gasteiger partial charge in [0.25, 0.3) is 5.91 Å². The minimum absolute atomic E-state index is 0.0644. The molecule has 0 heterocycles. The van der Waals surface area contributed by atoms with Crippen LogP contribution in [0, 0.1) is 5.82 Å². The lowest BCUT2D eigenvalue weighted by Crippen LogP contribution is -2.40. The van der Waals surface area contributed by atoms with Crippen molar-refractivity contribution in [2.75, 3.05) is 33.9 Å². The van der Waals surface area contributed by atoms with Crippen LogP contribution in [0.1, 0.15) is 10.4 Å². The van der Waals surface area contributed by atoms with Crippen LogP contribution in [0.3, 0.4) is 0 Å². The Morgan fingerprint density at radius 1 is 1.39 bits per heavy atom. The van der Waals surface area contributed by atoms with E-state index >= 15 is 0 Å². The van der Waals surface area contributed by atoms with Gasteiger partial charge >= 0.3 is 0 Å². The van der Waals surface area contributed by atoms with Crippen LogP contribution in [0.4, 0.5) is 4.39 Å². The Labute approximate surface area is 111 Å². The molecule has 0 spiro atoms. The van der Waals surface area contributed by atoms with Gasteiger partial charge in [-0.1, -0.05) is 11.6 Å². The van der Waals surface area contributed by atoms with Gasteiger partial charge in [-0.15, -0.1) is 0 Å². The van der Waals surface area contributed by atoms with Crippen molar-refractivity contribution in [3.05, 3.63) is 34.6 Å². The molecule has 0 saturated heterocycles. The zero-order valence-corrected chi connectivity index (χ0v) is 11.2. The Hall–Kier alpha value is -1.17. The molecule has 0 aliphatic heterocycles. The number of carbonyl (C=O) groups excluding carboxylic acids is 1. The Morgan fingerprint density at radius 3 is 2.56 bits per heavy atom. The molecule has 0 bridgehead atoms. The first-order valence-electron chi connectivity index (χ1n) is 5.55. The van der Waals surface area contributed by atoms with Crippen molar-refractivity contribution in [3.8, 4) is 0 Å². The molecule has 0 aliphatic rings. The Kier molecular flexibility index (Phi) is 5.53. The van der Waals surface area contributed by atoms with E-state index in [1.165, 1.54) is 23.1 Å². The van der Waals surface area contributed by atoms with Gasteiger partial charge in [-0.3, -0.25) is 4.79 Å². The summed E-state index contributed by atoms with van der Waals surface area (Å²) >= 11 is 5.65. The second kappa shape index (κ2) is 6.68. The molecule has 1 aromatic carbocycles. The summed E-state index contributed by atoms with van der Waals surface area (Å²) in [6.07, 6.45) is 0. The molecule has 1 rings (SSSR count). The molecule has 0 aromatic heterocycles. The monoisotopic (exact) mass is 273 g/mol. The fourth-order valence-corrected chi connectivity index (χ4v) is 1.59. The van der Waals surface area contributed by atoms with E-state index in [1.54, 1.807) is 0 Å². The third-order valence-electron chi connectivity index (χ3n) is 2.49. The van der Waals surface area contributed by atoms with Crippen molar-refractivity contribution in [2.45, 2.75) is 0 Å². The lowest BCUT2D eigenvalue weighted by Gasteiger charge is -2.22. The molecular formula is C12H17ClFN3O. The maximum absolute atomic E-state index is 13.0. The second-order valence-corrected chi connectivity index (χ2v) is 4.59. The molecule has 1 aromatic rings. The fraction of sp³-hybridized carbons (Fsp3) is 0.417. The van der Waals surface area contributed by atoms with E-state index in [0.29, 0.717) is 18.7 Å². The van der Waals surface area contributed by atoms with E-state index in [1.807, 2.05) is 19.0 Å². The summed E-state index contributed by atoms with van der Waals surface area (Å²) in [5.74, 6) is -0.790. The molecule has 0 radical (unpaired) electrons. The number of benzene rings is 1. The standard InChI is InChI=1S/C12H17ClFN3O/c1-16(2)5-6-17(8-15)12(18)9-3-4-11(14)10(13)7-9/h3-4,7H,5-6,8,15H2,1-2H3. The minimum atomic E-state index is -0.541. The van der Waals surface area contributed by atoms with Crippen LogP contribution in [0.2, 0.25) is 5.02 Å². The maximum atomic E-state index is 13.0. The topological polar surface area (TPSA) is 49.6 Å². The van der Waals surface area contributed by atoms with Gasteiger partial charge in [0.15, 0.2) is 0 Å². The Bertz CT molecular complexity index is 426. The number of halogens is 2. The van der Waals surface area contributed by atoms with E-state index in [9.17, 15) is 9.18 Å². The average Bonchev–Trinajstić information content (AvgIpc) is 2.32. The van der Waals surface area contributed by atoms with E-state index in [-0.39, 0.29) is 17.6 Å². The van der Waals surface area contributed by atoms with E-state index < -0.39 is 5.82 Å². The zero-order valence-electron chi connectivity index (χ0n) is 10.5. The first-order valence-corrected chi connectivity index (χ1v) is 5.92. The molecule has 0 fully saturated rings. The third-order valence-corrected chi connectivity index (χ3v) is 2.78. The van der Waals surface area contributed by atoms with Crippen LogP contribution in [-0.4, -0.2) is 49.6 Å². The van der Waals surface area contributed by atoms with Crippen molar-refractivity contribution in [1.82, 2.24) is 9.80 Å². The molecule has 1 amide bonds. The largest absolute Gasteiger partial charge is 0.325 e. The number of carbonyl (C=O) groups is 1. The van der Waals surface area contributed by atoms with E-state index in [0.717, 1.165) is 0 Å². The van der Waals surface area contributed by atoms with Crippen LogP contribution in [0.5, 0.6) is 0 Å². The van der Waals surface area contributed by atoms with Crippen LogP contribution in [0.25, 0.3) is 0 Å². The van der Waals surface area contributed by atoms with E-state index in [2.05, 4.69) is 0 Å². The summed E-state index contributed by atoms with van der Waals surface area (Å²) < 4.78 is 13.0. The zero-order chi connectivity index (χ0) is 13.7. The highest BCUT2D eigenvalue weighted by Gasteiger charge is 2.15. The molecule has 4 nitrogen and oxygen atoms in total. The van der Waals surface area contributed by atoms with Gasteiger partial charge in [-0.25, -0.2) is 4.39 Å². The molecule has 0 unspecified atom stereocenters. The Morgan fingerprint density at radius 2 is 2.06 bits per heavy atom. The van der Waals surface area contributed by atoms with Crippen molar-refractivity contribution < 1.29 is 9.18 Å². The van der Waals surface area contributed by atoms with Gasteiger partial charge in [-0.05, 0) is 32.3 Å². The summed E-state index contributed by atoms with van der Waals surface area (Å²) in [5, 5.41) is -0.0644. The van der Waals surface area contributed by atoms with Gasteiger partial charge < -0.3 is 15.5 Å². The van der Waals surface area contributed by atoms with Crippen molar-refractivity contribution in [3.63, 3.8) is 0 Å². The number of nitrogens with zero attached hydrogens (tertiary/aromatic N) is 2. The van der Waals surface area contributed by atoms with Crippen LogP contribution in [0.15, 0.2) is 18.2 Å². The molecule has 18 heavy (non-hydrogen) atoms.